The third-order valence-electron chi connectivity index (χ3n) is 4.95. The second kappa shape index (κ2) is 12.4. The molecule has 0 aromatic carbocycles. The first kappa shape index (κ1) is 25.7. The standard InChI is InChI=1S/C20H35N5O3.HI/c1-5-21-19(23-15-20(2,27)17-10-7-14-28-17)22-11-8-13-25-12-6-9-16(25)18(26)24(3)4;/h7,10,14,16,27H,5-6,8-9,11-13,15H2,1-4H3,(H2,21,22,23);1H. The second-order valence-corrected chi connectivity index (χ2v) is 7.65. The predicted octanol–water partition coefficient (Wildman–Crippen LogP) is 1.60. The first-order chi connectivity index (χ1) is 13.3. The maximum atomic E-state index is 12.3. The van der Waals surface area contributed by atoms with Crippen molar-refractivity contribution in [3.8, 4) is 0 Å². The number of carbonyl (C=O) groups is 1. The van der Waals surface area contributed by atoms with Crippen LogP contribution in [0.5, 0.6) is 0 Å². The highest BCUT2D eigenvalue weighted by molar-refractivity contribution is 14.0. The summed E-state index contributed by atoms with van der Waals surface area (Å²) < 4.78 is 5.30. The predicted molar refractivity (Wildman–Crippen MR) is 126 cm³/mol. The van der Waals surface area contributed by atoms with Crippen molar-refractivity contribution in [2.75, 3.05) is 46.8 Å². The van der Waals surface area contributed by atoms with Gasteiger partial charge in [0.05, 0.1) is 18.8 Å². The first-order valence-corrected chi connectivity index (χ1v) is 10.1. The van der Waals surface area contributed by atoms with Gasteiger partial charge in [0.25, 0.3) is 0 Å². The number of hydrogen-bond acceptors (Lipinski definition) is 5. The highest BCUT2D eigenvalue weighted by Crippen LogP contribution is 2.21. The molecule has 1 amide bonds. The fourth-order valence-corrected chi connectivity index (χ4v) is 3.40. The Morgan fingerprint density at radius 2 is 2.21 bits per heavy atom. The molecule has 0 aliphatic carbocycles. The molecule has 9 heteroatoms. The van der Waals surface area contributed by atoms with Gasteiger partial charge in [0.15, 0.2) is 5.96 Å². The van der Waals surface area contributed by atoms with Crippen molar-refractivity contribution in [1.29, 1.82) is 0 Å². The number of halogens is 1. The molecule has 2 heterocycles. The third kappa shape index (κ3) is 7.78. The molecule has 1 aromatic rings. The van der Waals surface area contributed by atoms with E-state index in [-0.39, 0.29) is 42.5 Å². The van der Waals surface area contributed by atoms with Crippen LogP contribution in [-0.4, -0.2) is 79.6 Å². The fraction of sp³-hybridized carbons (Fsp3) is 0.700. The van der Waals surface area contributed by atoms with Crippen LogP contribution >= 0.6 is 24.0 Å². The van der Waals surface area contributed by atoms with Crippen LogP contribution < -0.4 is 10.6 Å². The Hall–Kier alpha value is -1.33. The number of rotatable bonds is 9. The smallest absolute Gasteiger partial charge is 0.239 e. The summed E-state index contributed by atoms with van der Waals surface area (Å²) >= 11 is 0. The molecule has 2 unspecified atom stereocenters. The Labute approximate surface area is 191 Å². The van der Waals surface area contributed by atoms with E-state index < -0.39 is 5.60 Å². The zero-order valence-electron chi connectivity index (χ0n) is 18.0. The molecule has 0 bridgehead atoms. The van der Waals surface area contributed by atoms with Gasteiger partial charge in [-0.25, -0.2) is 4.99 Å². The minimum atomic E-state index is -1.15. The van der Waals surface area contributed by atoms with Gasteiger partial charge in [0, 0.05) is 33.7 Å². The number of guanidine groups is 1. The first-order valence-electron chi connectivity index (χ1n) is 10.1. The van der Waals surface area contributed by atoms with Crippen LogP contribution in [-0.2, 0) is 10.4 Å². The summed E-state index contributed by atoms with van der Waals surface area (Å²) in [6.45, 7) is 7.22. The number of aliphatic hydroxyl groups is 1. The summed E-state index contributed by atoms with van der Waals surface area (Å²) in [5.74, 6) is 1.36. The lowest BCUT2D eigenvalue weighted by Crippen LogP contribution is -2.44. The molecule has 1 saturated heterocycles. The Bertz CT molecular complexity index is 634. The molecule has 8 nitrogen and oxygen atoms in total. The number of likely N-dealkylation sites (tertiary alicyclic amines) is 1. The quantitative estimate of drug-likeness (QED) is 0.198. The van der Waals surface area contributed by atoms with Crippen LogP contribution in [0.15, 0.2) is 27.8 Å². The summed E-state index contributed by atoms with van der Waals surface area (Å²) in [4.78, 5) is 20.7. The second-order valence-electron chi connectivity index (χ2n) is 7.65. The summed E-state index contributed by atoms with van der Waals surface area (Å²) in [7, 11) is 3.63. The molecule has 0 spiro atoms. The van der Waals surface area contributed by atoms with Crippen LogP contribution in [0.4, 0.5) is 0 Å². The van der Waals surface area contributed by atoms with E-state index >= 15 is 0 Å². The Morgan fingerprint density at radius 1 is 1.45 bits per heavy atom. The normalized spacial score (nSPS) is 19.3. The summed E-state index contributed by atoms with van der Waals surface area (Å²) in [6, 6.07) is 3.52. The van der Waals surface area contributed by atoms with Crippen LogP contribution in [0.25, 0.3) is 0 Å². The van der Waals surface area contributed by atoms with Gasteiger partial charge in [-0.05, 0) is 51.8 Å². The van der Waals surface area contributed by atoms with Gasteiger partial charge in [-0.3, -0.25) is 9.69 Å². The van der Waals surface area contributed by atoms with E-state index in [0.29, 0.717) is 11.7 Å². The van der Waals surface area contributed by atoms with Gasteiger partial charge in [0.1, 0.15) is 11.4 Å². The molecular formula is C20H36IN5O3. The number of nitrogens with one attached hydrogen (secondary N) is 2. The molecule has 29 heavy (non-hydrogen) atoms. The van der Waals surface area contributed by atoms with E-state index in [9.17, 15) is 9.90 Å². The maximum Gasteiger partial charge on any atom is 0.239 e. The lowest BCUT2D eigenvalue weighted by Gasteiger charge is -2.26. The Morgan fingerprint density at radius 3 is 2.83 bits per heavy atom. The zero-order chi connectivity index (χ0) is 20.6. The summed E-state index contributed by atoms with van der Waals surface area (Å²) in [5.41, 5.74) is -1.15. The molecule has 1 aliphatic rings. The highest BCUT2D eigenvalue weighted by Gasteiger charge is 2.31. The zero-order valence-corrected chi connectivity index (χ0v) is 20.3. The molecule has 2 rings (SSSR count). The molecule has 0 saturated carbocycles. The molecule has 3 N–H and O–H groups in total. The number of nitrogens with zero attached hydrogens (tertiary/aromatic N) is 3. The average molecular weight is 521 g/mol. The number of hydrogen-bond donors (Lipinski definition) is 3. The maximum absolute atomic E-state index is 12.3. The lowest BCUT2D eigenvalue weighted by molar-refractivity contribution is -0.133. The number of aliphatic imine (C=N–C) groups is 1. The van der Waals surface area contributed by atoms with E-state index in [4.69, 9.17) is 4.42 Å². The molecule has 0 radical (unpaired) electrons. The number of likely N-dealkylation sites (N-methyl/N-ethyl adjacent to an activating group) is 1. The Balaban J connectivity index is 0.00000420. The van der Waals surface area contributed by atoms with Gasteiger partial charge < -0.3 is 25.1 Å². The van der Waals surface area contributed by atoms with Crippen molar-refractivity contribution in [1.82, 2.24) is 20.4 Å². The molecular weight excluding hydrogens is 485 g/mol. The number of carbonyl (C=O) groups excluding carboxylic acids is 1. The van der Waals surface area contributed by atoms with Crippen molar-refractivity contribution < 1.29 is 14.3 Å². The molecule has 1 aliphatic heterocycles. The SMILES string of the molecule is CCNC(=NCC(C)(O)c1ccco1)NCCCN1CCCC1C(=O)N(C)C.I. The topological polar surface area (TPSA) is 93.3 Å². The Kier molecular flexibility index (Phi) is 11.0. The van der Waals surface area contributed by atoms with Gasteiger partial charge in [-0.15, -0.1) is 24.0 Å². The van der Waals surface area contributed by atoms with Crippen LogP contribution in [0, 0.1) is 0 Å². The molecule has 166 valence electrons. The van der Waals surface area contributed by atoms with E-state index in [1.807, 2.05) is 21.0 Å². The van der Waals surface area contributed by atoms with Gasteiger partial charge in [-0.1, -0.05) is 0 Å². The van der Waals surface area contributed by atoms with Crippen molar-refractivity contribution in [3.63, 3.8) is 0 Å². The average Bonchev–Trinajstić information content (AvgIpc) is 3.34. The van der Waals surface area contributed by atoms with Gasteiger partial charge in [0.2, 0.25) is 5.91 Å². The van der Waals surface area contributed by atoms with Crippen molar-refractivity contribution >= 4 is 35.8 Å². The van der Waals surface area contributed by atoms with Gasteiger partial charge in [-0.2, -0.15) is 0 Å². The minimum Gasteiger partial charge on any atom is -0.466 e. The van der Waals surface area contributed by atoms with E-state index in [1.165, 1.54) is 0 Å². The van der Waals surface area contributed by atoms with Crippen molar-refractivity contribution in [2.24, 2.45) is 4.99 Å². The largest absolute Gasteiger partial charge is 0.466 e. The van der Waals surface area contributed by atoms with Crippen LogP contribution in [0.3, 0.4) is 0 Å². The van der Waals surface area contributed by atoms with Crippen molar-refractivity contribution in [3.05, 3.63) is 24.2 Å². The number of furan rings is 1. The summed E-state index contributed by atoms with van der Waals surface area (Å²) in [6.07, 6.45) is 4.47. The monoisotopic (exact) mass is 521 g/mol. The summed E-state index contributed by atoms with van der Waals surface area (Å²) in [5, 5.41) is 17.0. The van der Waals surface area contributed by atoms with E-state index in [2.05, 4.69) is 20.5 Å². The van der Waals surface area contributed by atoms with E-state index in [0.717, 1.165) is 45.4 Å². The van der Waals surface area contributed by atoms with Crippen LogP contribution in [0.2, 0.25) is 0 Å². The highest BCUT2D eigenvalue weighted by atomic mass is 127. The van der Waals surface area contributed by atoms with E-state index in [1.54, 1.807) is 30.2 Å². The number of amides is 1. The molecule has 1 fully saturated rings. The molecule has 2 atom stereocenters. The fourth-order valence-electron chi connectivity index (χ4n) is 3.40. The minimum absolute atomic E-state index is 0. The van der Waals surface area contributed by atoms with Crippen LogP contribution in [0.1, 0.15) is 38.9 Å². The van der Waals surface area contributed by atoms with Gasteiger partial charge >= 0.3 is 0 Å². The third-order valence-corrected chi connectivity index (χ3v) is 4.95. The van der Waals surface area contributed by atoms with Crippen molar-refractivity contribution in [2.45, 2.75) is 44.8 Å². The lowest BCUT2D eigenvalue weighted by atomic mass is 10.0. The molecule has 1 aromatic heterocycles.